The highest BCUT2D eigenvalue weighted by Gasteiger charge is 1.94. The fourth-order valence-corrected chi connectivity index (χ4v) is 0.854. The van der Waals surface area contributed by atoms with Gasteiger partial charge in [0.05, 0.1) is 0 Å². The molecule has 0 aliphatic heterocycles. The summed E-state index contributed by atoms with van der Waals surface area (Å²) in [6.45, 7) is 6.47. The van der Waals surface area contributed by atoms with Crippen molar-refractivity contribution in [2.45, 2.75) is 46.1 Å². The predicted octanol–water partition coefficient (Wildman–Crippen LogP) is 2.69. The van der Waals surface area contributed by atoms with E-state index in [1.54, 1.807) is 0 Å². The molecule has 0 aromatic heterocycles. The van der Waals surface area contributed by atoms with Crippen LogP contribution in [0, 0.1) is 0 Å². The van der Waals surface area contributed by atoms with Crippen molar-refractivity contribution in [2.24, 2.45) is 0 Å². The summed E-state index contributed by atoms with van der Waals surface area (Å²) in [4.78, 5) is 0. The number of rotatable bonds is 5. The SMILES string of the molecule is C/C=C/NC(C)CCCC. The molecule has 0 aliphatic rings. The number of nitrogens with one attached hydrogen (secondary N) is 1. The van der Waals surface area contributed by atoms with Crippen LogP contribution >= 0.6 is 0 Å². The van der Waals surface area contributed by atoms with Crippen LogP contribution in [-0.2, 0) is 0 Å². The Morgan fingerprint density at radius 1 is 1.50 bits per heavy atom. The highest BCUT2D eigenvalue weighted by atomic mass is 14.9. The Balaban J connectivity index is 3.16. The van der Waals surface area contributed by atoms with Crippen LogP contribution in [0.15, 0.2) is 12.3 Å². The van der Waals surface area contributed by atoms with E-state index in [1.165, 1.54) is 19.3 Å². The second-order valence-electron chi connectivity index (χ2n) is 2.71. The second kappa shape index (κ2) is 6.66. The zero-order chi connectivity index (χ0) is 7.82. The summed E-state index contributed by atoms with van der Waals surface area (Å²) in [6.07, 6.45) is 7.94. The number of unbranched alkanes of at least 4 members (excludes halogenated alkanes) is 1. The molecule has 0 aliphatic carbocycles. The van der Waals surface area contributed by atoms with Crippen molar-refractivity contribution in [1.29, 1.82) is 0 Å². The lowest BCUT2D eigenvalue weighted by Crippen LogP contribution is -2.19. The average Bonchev–Trinajstić information content (AvgIpc) is 1.97. The first-order valence-corrected chi connectivity index (χ1v) is 4.18. The van der Waals surface area contributed by atoms with Crippen LogP contribution in [0.25, 0.3) is 0 Å². The summed E-state index contributed by atoms with van der Waals surface area (Å²) in [7, 11) is 0. The minimum Gasteiger partial charge on any atom is -0.389 e. The Morgan fingerprint density at radius 3 is 2.70 bits per heavy atom. The molecule has 0 bridgehead atoms. The zero-order valence-corrected chi connectivity index (χ0v) is 7.35. The summed E-state index contributed by atoms with van der Waals surface area (Å²) in [5.74, 6) is 0. The van der Waals surface area contributed by atoms with Crippen LogP contribution < -0.4 is 5.32 Å². The van der Waals surface area contributed by atoms with Gasteiger partial charge in [0, 0.05) is 6.04 Å². The first-order valence-electron chi connectivity index (χ1n) is 4.18. The van der Waals surface area contributed by atoms with Crippen molar-refractivity contribution < 1.29 is 0 Å². The lowest BCUT2D eigenvalue weighted by Gasteiger charge is -2.09. The lowest BCUT2D eigenvalue weighted by molar-refractivity contribution is 0.555. The van der Waals surface area contributed by atoms with Gasteiger partial charge in [0.15, 0.2) is 0 Å². The molecule has 0 rings (SSSR count). The fraction of sp³-hybridized carbons (Fsp3) is 0.778. The molecule has 0 fully saturated rings. The number of allylic oxidation sites excluding steroid dienone is 1. The number of hydrogen-bond acceptors (Lipinski definition) is 1. The third-order valence-corrected chi connectivity index (χ3v) is 1.54. The van der Waals surface area contributed by atoms with Gasteiger partial charge in [-0.1, -0.05) is 25.8 Å². The van der Waals surface area contributed by atoms with Crippen molar-refractivity contribution in [2.75, 3.05) is 0 Å². The smallest absolute Gasteiger partial charge is 0.0227 e. The second-order valence-corrected chi connectivity index (χ2v) is 2.71. The molecule has 0 aromatic carbocycles. The highest BCUT2D eigenvalue weighted by Crippen LogP contribution is 1.98. The van der Waals surface area contributed by atoms with E-state index in [1.807, 2.05) is 19.2 Å². The first-order chi connectivity index (χ1) is 4.81. The normalized spacial score (nSPS) is 13.9. The first kappa shape index (κ1) is 9.54. The summed E-state index contributed by atoms with van der Waals surface area (Å²) in [6, 6.07) is 0.635. The van der Waals surface area contributed by atoms with E-state index in [2.05, 4.69) is 19.2 Å². The van der Waals surface area contributed by atoms with Gasteiger partial charge < -0.3 is 5.32 Å². The molecule has 0 amide bonds. The molecular weight excluding hydrogens is 122 g/mol. The van der Waals surface area contributed by atoms with E-state index in [9.17, 15) is 0 Å². The van der Waals surface area contributed by atoms with E-state index in [0.29, 0.717) is 6.04 Å². The maximum absolute atomic E-state index is 3.29. The molecule has 0 heterocycles. The van der Waals surface area contributed by atoms with Crippen molar-refractivity contribution >= 4 is 0 Å². The topological polar surface area (TPSA) is 12.0 Å². The third kappa shape index (κ3) is 5.67. The zero-order valence-electron chi connectivity index (χ0n) is 7.35. The molecule has 0 aromatic rings. The van der Waals surface area contributed by atoms with Crippen LogP contribution in [0.3, 0.4) is 0 Å². The van der Waals surface area contributed by atoms with E-state index in [-0.39, 0.29) is 0 Å². The molecular formula is C9H19N. The molecule has 10 heavy (non-hydrogen) atoms. The summed E-state index contributed by atoms with van der Waals surface area (Å²) in [5, 5.41) is 3.29. The van der Waals surface area contributed by atoms with Gasteiger partial charge in [-0.2, -0.15) is 0 Å². The largest absolute Gasteiger partial charge is 0.389 e. The maximum Gasteiger partial charge on any atom is 0.0227 e. The summed E-state index contributed by atoms with van der Waals surface area (Å²) < 4.78 is 0. The summed E-state index contributed by atoms with van der Waals surface area (Å²) in [5.41, 5.74) is 0. The third-order valence-electron chi connectivity index (χ3n) is 1.54. The van der Waals surface area contributed by atoms with Gasteiger partial charge in [-0.05, 0) is 26.5 Å². The van der Waals surface area contributed by atoms with E-state index in [0.717, 1.165) is 0 Å². The maximum atomic E-state index is 3.29. The Hall–Kier alpha value is -0.460. The Kier molecular flexibility index (Phi) is 6.35. The monoisotopic (exact) mass is 141 g/mol. The van der Waals surface area contributed by atoms with Crippen LogP contribution in [0.1, 0.15) is 40.0 Å². The predicted molar refractivity (Wildman–Crippen MR) is 46.9 cm³/mol. The molecule has 0 saturated heterocycles. The molecule has 60 valence electrons. The van der Waals surface area contributed by atoms with Crippen LogP contribution in [-0.4, -0.2) is 6.04 Å². The molecule has 0 radical (unpaired) electrons. The Morgan fingerprint density at radius 2 is 2.20 bits per heavy atom. The van der Waals surface area contributed by atoms with Crippen molar-refractivity contribution in [3.8, 4) is 0 Å². The average molecular weight is 141 g/mol. The Bertz CT molecular complexity index is 86.7. The van der Waals surface area contributed by atoms with Gasteiger partial charge in [-0.3, -0.25) is 0 Å². The van der Waals surface area contributed by atoms with Crippen LogP contribution in [0.5, 0.6) is 0 Å². The minimum atomic E-state index is 0.635. The van der Waals surface area contributed by atoms with E-state index < -0.39 is 0 Å². The van der Waals surface area contributed by atoms with Gasteiger partial charge in [0.25, 0.3) is 0 Å². The van der Waals surface area contributed by atoms with Gasteiger partial charge in [-0.25, -0.2) is 0 Å². The number of hydrogen-bond donors (Lipinski definition) is 1. The van der Waals surface area contributed by atoms with Crippen LogP contribution in [0.4, 0.5) is 0 Å². The van der Waals surface area contributed by atoms with Gasteiger partial charge >= 0.3 is 0 Å². The quantitative estimate of drug-likeness (QED) is 0.620. The van der Waals surface area contributed by atoms with Crippen LogP contribution in [0.2, 0.25) is 0 Å². The van der Waals surface area contributed by atoms with Gasteiger partial charge in [0.2, 0.25) is 0 Å². The molecule has 1 unspecified atom stereocenters. The van der Waals surface area contributed by atoms with E-state index >= 15 is 0 Å². The van der Waals surface area contributed by atoms with E-state index in [4.69, 9.17) is 0 Å². The van der Waals surface area contributed by atoms with Gasteiger partial charge in [-0.15, -0.1) is 0 Å². The molecule has 0 spiro atoms. The standard InChI is InChI=1S/C9H19N/c1-4-6-7-9(3)10-8-5-2/h5,8-10H,4,6-7H2,1-3H3/b8-5+. The molecule has 1 N–H and O–H groups in total. The fourth-order valence-electron chi connectivity index (χ4n) is 0.854. The molecule has 1 nitrogen and oxygen atoms in total. The molecule has 0 saturated carbocycles. The highest BCUT2D eigenvalue weighted by molar-refractivity contribution is 4.77. The van der Waals surface area contributed by atoms with Crippen molar-refractivity contribution in [3.05, 3.63) is 12.3 Å². The molecule has 1 atom stereocenters. The Labute approximate surface area is 64.5 Å². The lowest BCUT2D eigenvalue weighted by atomic mass is 10.1. The van der Waals surface area contributed by atoms with Crippen molar-refractivity contribution in [3.63, 3.8) is 0 Å². The van der Waals surface area contributed by atoms with Gasteiger partial charge in [0.1, 0.15) is 0 Å². The minimum absolute atomic E-state index is 0.635. The summed E-state index contributed by atoms with van der Waals surface area (Å²) >= 11 is 0. The van der Waals surface area contributed by atoms with Crippen molar-refractivity contribution in [1.82, 2.24) is 5.32 Å². The molecule has 1 heteroatoms.